The second kappa shape index (κ2) is 6.92. The van der Waals surface area contributed by atoms with E-state index in [2.05, 4.69) is 26.2 Å². The van der Waals surface area contributed by atoms with Crippen molar-refractivity contribution in [2.24, 2.45) is 0 Å². The van der Waals surface area contributed by atoms with Crippen LogP contribution in [-0.4, -0.2) is 17.5 Å². The van der Waals surface area contributed by atoms with Crippen LogP contribution in [-0.2, 0) is 4.79 Å². The molecular weight excluding hydrogens is 367 g/mol. The molecule has 0 unspecified atom stereocenters. The zero-order valence-corrected chi connectivity index (χ0v) is 13.2. The topological polar surface area (TPSA) is 51.2 Å². The molecule has 4 nitrogen and oxygen atoms in total. The zero-order valence-electron chi connectivity index (χ0n) is 10.1. The summed E-state index contributed by atoms with van der Waals surface area (Å²) in [5, 5.41) is 3.25. The van der Waals surface area contributed by atoms with E-state index in [1.54, 1.807) is 30.3 Å². The minimum Gasteiger partial charge on any atom is -0.482 e. The van der Waals surface area contributed by atoms with E-state index in [0.29, 0.717) is 16.5 Å². The molecule has 0 spiro atoms. The Morgan fingerprint density at radius 2 is 2.15 bits per heavy atom. The van der Waals surface area contributed by atoms with Gasteiger partial charge in [-0.2, -0.15) is 0 Å². The van der Waals surface area contributed by atoms with Gasteiger partial charge in [0.15, 0.2) is 11.8 Å². The number of nitrogens with one attached hydrogen (secondary N) is 1. The second-order valence-corrected chi connectivity index (χ2v) is 5.43. The van der Waals surface area contributed by atoms with E-state index >= 15 is 0 Å². The highest BCUT2D eigenvalue weighted by atomic mass is 79.9. The molecule has 2 rings (SSSR count). The summed E-state index contributed by atoms with van der Waals surface area (Å²) >= 11 is 15.1. The number of amides is 1. The maximum Gasteiger partial charge on any atom is 0.262 e. The summed E-state index contributed by atoms with van der Waals surface area (Å²) in [7, 11) is 0. The number of halogens is 3. The average Bonchev–Trinajstić information content (AvgIpc) is 2.40. The number of hydrogen-bond donors (Lipinski definition) is 1. The minimum atomic E-state index is -0.348. The van der Waals surface area contributed by atoms with Gasteiger partial charge in [0.25, 0.3) is 5.91 Å². The van der Waals surface area contributed by atoms with E-state index in [9.17, 15) is 4.79 Å². The zero-order chi connectivity index (χ0) is 14.5. The number of anilines is 1. The molecule has 1 amide bonds. The lowest BCUT2D eigenvalue weighted by Crippen LogP contribution is -2.20. The van der Waals surface area contributed by atoms with Crippen LogP contribution in [0.1, 0.15) is 0 Å². The van der Waals surface area contributed by atoms with Gasteiger partial charge in [-0.3, -0.25) is 4.79 Å². The third-order valence-corrected chi connectivity index (χ3v) is 3.38. The molecule has 1 heterocycles. The highest BCUT2D eigenvalue weighted by Crippen LogP contribution is 2.27. The van der Waals surface area contributed by atoms with Crippen LogP contribution in [0.25, 0.3) is 0 Å². The standard InChI is InChI=1S/C13H9BrCl2N2O2/c14-8-3-4-11(9(15)6-8)20-7-12(19)18-10-2-1-5-17-13(10)16/h1-6H,7H2,(H,18,19). The van der Waals surface area contributed by atoms with Gasteiger partial charge in [-0.15, -0.1) is 0 Å². The lowest BCUT2D eigenvalue weighted by atomic mass is 10.3. The smallest absolute Gasteiger partial charge is 0.262 e. The predicted molar refractivity (Wildman–Crippen MR) is 82.5 cm³/mol. The number of rotatable bonds is 4. The van der Waals surface area contributed by atoms with Crippen LogP contribution in [0.15, 0.2) is 41.0 Å². The Hall–Kier alpha value is -1.30. The Morgan fingerprint density at radius 1 is 1.35 bits per heavy atom. The van der Waals surface area contributed by atoms with Crippen molar-refractivity contribution in [3.05, 3.63) is 51.2 Å². The fraction of sp³-hybridized carbons (Fsp3) is 0.0769. The van der Waals surface area contributed by atoms with E-state index in [1.807, 2.05) is 0 Å². The molecule has 2 aromatic rings. The largest absolute Gasteiger partial charge is 0.482 e. The molecular formula is C13H9BrCl2N2O2. The summed E-state index contributed by atoms with van der Waals surface area (Å²) in [6, 6.07) is 8.47. The molecule has 20 heavy (non-hydrogen) atoms. The van der Waals surface area contributed by atoms with Gasteiger partial charge in [0.05, 0.1) is 10.7 Å². The highest BCUT2D eigenvalue weighted by Gasteiger charge is 2.08. The molecule has 0 atom stereocenters. The van der Waals surface area contributed by atoms with Crippen LogP contribution in [0.4, 0.5) is 5.69 Å². The van der Waals surface area contributed by atoms with Gasteiger partial charge in [-0.25, -0.2) is 4.98 Å². The van der Waals surface area contributed by atoms with Crippen molar-refractivity contribution >= 4 is 50.7 Å². The fourth-order valence-electron chi connectivity index (χ4n) is 1.40. The summed E-state index contributed by atoms with van der Waals surface area (Å²) in [5.74, 6) is 0.0844. The van der Waals surface area contributed by atoms with E-state index in [4.69, 9.17) is 27.9 Å². The lowest BCUT2D eigenvalue weighted by molar-refractivity contribution is -0.118. The molecule has 104 valence electrons. The SMILES string of the molecule is O=C(COc1ccc(Br)cc1Cl)Nc1cccnc1Cl. The fourth-order valence-corrected chi connectivity index (χ4v) is 2.30. The highest BCUT2D eigenvalue weighted by molar-refractivity contribution is 9.10. The number of aromatic nitrogens is 1. The molecule has 1 aromatic carbocycles. The van der Waals surface area contributed by atoms with Gasteiger partial charge in [0.1, 0.15) is 5.75 Å². The summed E-state index contributed by atoms with van der Waals surface area (Å²) in [6.45, 7) is -0.174. The molecule has 0 aliphatic carbocycles. The number of pyridine rings is 1. The Morgan fingerprint density at radius 3 is 2.85 bits per heavy atom. The van der Waals surface area contributed by atoms with Crippen molar-refractivity contribution in [1.29, 1.82) is 0 Å². The molecule has 1 aromatic heterocycles. The van der Waals surface area contributed by atoms with Crippen LogP contribution >= 0.6 is 39.1 Å². The van der Waals surface area contributed by atoms with Crippen molar-refractivity contribution in [3.8, 4) is 5.75 Å². The third-order valence-electron chi connectivity index (χ3n) is 2.29. The maximum absolute atomic E-state index is 11.7. The van der Waals surface area contributed by atoms with Crippen molar-refractivity contribution < 1.29 is 9.53 Å². The lowest BCUT2D eigenvalue weighted by Gasteiger charge is -2.09. The van der Waals surface area contributed by atoms with Crippen LogP contribution in [0.3, 0.4) is 0 Å². The quantitative estimate of drug-likeness (QED) is 0.816. The number of ether oxygens (including phenoxy) is 1. The van der Waals surface area contributed by atoms with E-state index < -0.39 is 0 Å². The van der Waals surface area contributed by atoms with Gasteiger partial charge in [0.2, 0.25) is 0 Å². The molecule has 1 N–H and O–H groups in total. The minimum absolute atomic E-state index is 0.174. The van der Waals surface area contributed by atoms with Crippen LogP contribution in [0.5, 0.6) is 5.75 Å². The predicted octanol–water partition coefficient (Wildman–Crippen LogP) is 4.17. The molecule has 7 heteroatoms. The Balaban J connectivity index is 1.94. The number of benzene rings is 1. The van der Waals surface area contributed by atoms with Crippen molar-refractivity contribution in [1.82, 2.24) is 4.98 Å². The average molecular weight is 376 g/mol. The number of carbonyl (C=O) groups excluding carboxylic acids is 1. The molecule has 0 aliphatic heterocycles. The van der Waals surface area contributed by atoms with Crippen molar-refractivity contribution in [2.45, 2.75) is 0 Å². The van der Waals surface area contributed by atoms with E-state index in [0.717, 1.165) is 4.47 Å². The number of carbonyl (C=O) groups is 1. The van der Waals surface area contributed by atoms with E-state index in [1.165, 1.54) is 6.20 Å². The summed E-state index contributed by atoms with van der Waals surface area (Å²) in [4.78, 5) is 15.6. The van der Waals surface area contributed by atoms with Gasteiger partial charge in [-0.1, -0.05) is 39.1 Å². The van der Waals surface area contributed by atoms with Gasteiger partial charge in [0, 0.05) is 10.7 Å². The van der Waals surface area contributed by atoms with Crippen LogP contribution in [0.2, 0.25) is 10.2 Å². The Kier molecular flexibility index (Phi) is 5.23. The van der Waals surface area contributed by atoms with Crippen LogP contribution < -0.4 is 10.1 Å². The molecule has 0 aliphatic rings. The maximum atomic E-state index is 11.7. The first-order valence-electron chi connectivity index (χ1n) is 5.54. The third kappa shape index (κ3) is 4.10. The van der Waals surface area contributed by atoms with Gasteiger partial charge < -0.3 is 10.1 Å². The van der Waals surface area contributed by atoms with E-state index in [-0.39, 0.29) is 17.7 Å². The molecule has 0 radical (unpaired) electrons. The molecule has 0 fully saturated rings. The first-order chi connectivity index (χ1) is 9.56. The van der Waals surface area contributed by atoms with Crippen molar-refractivity contribution in [2.75, 3.05) is 11.9 Å². The number of hydrogen-bond acceptors (Lipinski definition) is 3. The van der Waals surface area contributed by atoms with Crippen LogP contribution in [0, 0.1) is 0 Å². The van der Waals surface area contributed by atoms with Gasteiger partial charge in [-0.05, 0) is 30.3 Å². The second-order valence-electron chi connectivity index (χ2n) is 3.75. The van der Waals surface area contributed by atoms with Gasteiger partial charge >= 0.3 is 0 Å². The first-order valence-corrected chi connectivity index (χ1v) is 7.09. The summed E-state index contributed by atoms with van der Waals surface area (Å²) in [5.41, 5.74) is 0.435. The molecule has 0 bridgehead atoms. The first kappa shape index (κ1) is 15.1. The monoisotopic (exact) mass is 374 g/mol. The normalized spacial score (nSPS) is 10.2. The molecule has 0 saturated heterocycles. The summed E-state index contributed by atoms with van der Waals surface area (Å²) in [6.07, 6.45) is 1.54. The number of nitrogens with zero attached hydrogens (tertiary/aromatic N) is 1. The Bertz CT molecular complexity index is 638. The van der Waals surface area contributed by atoms with Crippen molar-refractivity contribution in [3.63, 3.8) is 0 Å². The molecule has 0 saturated carbocycles. The summed E-state index contributed by atoms with van der Waals surface area (Å²) < 4.78 is 6.17. The Labute approximate surface area is 134 Å².